The van der Waals surface area contributed by atoms with Crippen molar-refractivity contribution in [3.63, 3.8) is 0 Å². The molecule has 1 heterocycles. The van der Waals surface area contributed by atoms with Gasteiger partial charge in [-0.25, -0.2) is 0 Å². The minimum Gasteiger partial charge on any atom is -0.453 e. The Kier molecular flexibility index (Phi) is 3.19. The summed E-state index contributed by atoms with van der Waals surface area (Å²) in [5, 5.41) is 16.2. The van der Waals surface area contributed by atoms with Gasteiger partial charge in [0.2, 0.25) is 0 Å². The van der Waals surface area contributed by atoms with Crippen molar-refractivity contribution >= 4 is 22.6 Å². The van der Waals surface area contributed by atoms with E-state index in [4.69, 9.17) is 10.00 Å². The Bertz CT molecular complexity index is 668. The van der Waals surface area contributed by atoms with Gasteiger partial charge in [-0.15, -0.1) is 0 Å². The largest absolute Gasteiger partial charge is 0.453 e. The summed E-state index contributed by atoms with van der Waals surface area (Å²) in [5.74, 6) is 2.11. The first-order valence-electron chi connectivity index (χ1n) is 6.11. The Hall–Kier alpha value is -1.55. The molecule has 19 heavy (non-hydrogen) atoms. The van der Waals surface area contributed by atoms with Gasteiger partial charge in [-0.3, -0.25) is 5.10 Å². The number of aromatic amines is 1. The Morgan fingerprint density at radius 1 is 1.47 bits per heavy atom. The van der Waals surface area contributed by atoms with Crippen LogP contribution >= 0.6 is 22.6 Å². The number of ether oxygens (including phenoxy) is 1. The smallest absolute Gasteiger partial charge is 0.182 e. The van der Waals surface area contributed by atoms with Gasteiger partial charge in [0.1, 0.15) is 15.1 Å². The molecule has 0 amide bonds. The first-order valence-corrected chi connectivity index (χ1v) is 7.19. The normalized spacial score (nSPS) is 14.2. The monoisotopic (exact) mass is 365 g/mol. The van der Waals surface area contributed by atoms with Crippen molar-refractivity contribution in [2.45, 2.75) is 25.7 Å². The van der Waals surface area contributed by atoms with Crippen LogP contribution in [0.15, 0.2) is 18.2 Å². The molecule has 1 aliphatic carbocycles. The van der Waals surface area contributed by atoms with Crippen molar-refractivity contribution in [2.24, 2.45) is 0 Å². The van der Waals surface area contributed by atoms with Gasteiger partial charge in [-0.2, -0.15) is 10.4 Å². The second-order valence-corrected chi connectivity index (χ2v) is 5.80. The maximum Gasteiger partial charge on any atom is 0.182 e. The molecule has 3 rings (SSSR count). The lowest BCUT2D eigenvalue weighted by atomic mass is 10.1. The molecule has 1 aromatic heterocycles. The molecule has 2 aromatic rings. The highest BCUT2D eigenvalue weighted by atomic mass is 127. The molecule has 5 heteroatoms. The third-order valence-electron chi connectivity index (χ3n) is 3.21. The van der Waals surface area contributed by atoms with Crippen molar-refractivity contribution in [1.82, 2.24) is 10.2 Å². The van der Waals surface area contributed by atoms with Gasteiger partial charge >= 0.3 is 0 Å². The van der Waals surface area contributed by atoms with E-state index in [1.54, 1.807) is 6.07 Å². The zero-order valence-corrected chi connectivity index (χ0v) is 12.6. The summed E-state index contributed by atoms with van der Waals surface area (Å²) in [5.41, 5.74) is 2.62. The van der Waals surface area contributed by atoms with Gasteiger partial charge in [0.05, 0.1) is 11.6 Å². The summed E-state index contributed by atoms with van der Waals surface area (Å²) in [4.78, 5) is 0. The third-order valence-corrected chi connectivity index (χ3v) is 3.94. The molecule has 1 aliphatic rings. The van der Waals surface area contributed by atoms with Crippen LogP contribution in [0.2, 0.25) is 0 Å². The van der Waals surface area contributed by atoms with Gasteiger partial charge in [0, 0.05) is 5.92 Å². The van der Waals surface area contributed by atoms with Crippen molar-refractivity contribution in [2.75, 3.05) is 0 Å². The highest BCUT2D eigenvalue weighted by Crippen LogP contribution is 2.45. The molecule has 0 spiro atoms. The van der Waals surface area contributed by atoms with Crippen LogP contribution in [0.3, 0.4) is 0 Å². The molecular weight excluding hydrogens is 353 g/mol. The quantitative estimate of drug-likeness (QED) is 0.841. The number of hydrogen-bond donors (Lipinski definition) is 1. The Labute approximate surface area is 124 Å². The second-order valence-electron chi connectivity index (χ2n) is 4.72. The topological polar surface area (TPSA) is 61.7 Å². The van der Waals surface area contributed by atoms with Gasteiger partial charge < -0.3 is 4.74 Å². The molecule has 0 bridgehead atoms. The van der Waals surface area contributed by atoms with Crippen LogP contribution in [0, 0.1) is 22.0 Å². The molecule has 0 radical (unpaired) electrons. The summed E-state index contributed by atoms with van der Waals surface area (Å²) in [6.45, 7) is 1.91. The molecule has 0 saturated heterocycles. The number of hydrogen-bond acceptors (Lipinski definition) is 3. The Morgan fingerprint density at radius 3 is 2.89 bits per heavy atom. The zero-order chi connectivity index (χ0) is 13.4. The van der Waals surface area contributed by atoms with E-state index in [-0.39, 0.29) is 0 Å². The number of nitrogens with one attached hydrogen (secondary N) is 1. The third kappa shape index (κ3) is 2.45. The van der Waals surface area contributed by atoms with Gasteiger partial charge in [-0.1, -0.05) is 0 Å². The lowest BCUT2D eigenvalue weighted by molar-refractivity contribution is 0.473. The van der Waals surface area contributed by atoms with Gasteiger partial charge in [-0.05, 0) is 66.1 Å². The van der Waals surface area contributed by atoms with Crippen LogP contribution in [0.5, 0.6) is 11.5 Å². The molecule has 0 atom stereocenters. The highest BCUT2D eigenvalue weighted by Gasteiger charge is 2.31. The molecule has 1 saturated carbocycles. The van der Waals surface area contributed by atoms with Crippen LogP contribution < -0.4 is 4.74 Å². The lowest BCUT2D eigenvalue weighted by Crippen LogP contribution is -1.91. The summed E-state index contributed by atoms with van der Waals surface area (Å²) < 4.78 is 6.87. The van der Waals surface area contributed by atoms with E-state index in [0.717, 1.165) is 26.5 Å². The summed E-state index contributed by atoms with van der Waals surface area (Å²) in [7, 11) is 0. The average Bonchev–Trinajstić information content (AvgIpc) is 3.17. The van der Waals surface area contributed by atoms with E-state index in [1.165, 1.54) is 12.8 Å². The van der Waals surface area contributed by atoms with Crippen LogP contribution in [-0.4, -0.2) is 10.2 Å². The first kappa shape index (κ1) is 12.5. The van der Waals surface area contributed by atoms with Crippen LogP contribution in [0.1, 0.15) is 35.6 Å². The van der Waals surface area contributed by atoms with Crippen LogP contribution in [0.4, 0.5) is 0 Å². The van der Waals surface area contributed by atoms with E-state index in [9.17, 15) is 0 Å². The standard InChI is InChI=1S/C14H12IN3O/c1-8-6-11(5-4-10(8)7-16)19-13-12(9-2-3-9)17-18-14(13)15/h4-6,9H,2-3H2,1H3,(H,17,18). The number of halogens is 1. The second kappa shape index (κ2) is 4.85. The fraction of sp³-hybridized carbons (Fsp3) is 0.286. The number of benzene rings is 1. The van der Waals surface area contributed by atoms with Crippen LogP contribution in [0.25, 0.3) is 0 Å². The van der Waals surface area contributed by atoms with E-state index in [1.807, 2.05) is 19.1 Å². The molecule has 1 N–H and O–H groups in total. The highest BCUT2D eigenvalue weighted by molar-refractivity contribution is 14.1. The molecule has 1 aromatic carbocycles. The predicted octanol–water partition coefficient (Wildman–Crippen LogP) is 3.86. The van der Waals surface area contributed by atoms with Crippen molar-refractivity contribution in [3.8, 4) is 17.6 Å². The SMILES string of the molecule is Cc1cc(Oc2c(C3CC3)n[nH]c2I)ccc1C#N. The first-order chi connectivity index (χ1) is 9.19. The van der Waals surface area contributed by atoms with Crippen molar-refractivity contribution < 1.29 is 4.74 Å². The van der Waals surface area contributed by atoms with Crippen molar-refractivity contribution in [1.29, 1.82) is 5.26 Å². The molecular formula is C14H12IN3O. The fourth-order valence-electron chi connectivity index (χ4n) is 2.00. The Balaban J connectivity index is 1.91. The molecule has 4 nitrogen and oxygen atoms in total. The summed E-state index contributed by atoms with van der Waals surface area (Å²) in [6, 6.07) is 7.65. The molecule has 96 valence electrons. The summed E-state index contributed by atoms with van der Waals surface area (Å²) >= 11 is 2.20. The van der Waals surface area contributed by atoms with Gasteiger partial charge in [0.15, 0.2) is 5.75 Å². The van der Waals surface area contributed by atoms with Crippen molar-refractivity contribution in [3.05, 3.63) is 38.7 Å². The zero-order valence-electron chi connectivity index (χ0n) is 10.4. The van der Waals surface area contributed by atoms with Crippen LogP contribution in [-0.2, 0) is 0 Å². The van der Waals surface area contributed by atoms with E-state index in [0.29, 0.717) is 11.5 Å². The van der Waals surface area contributed by atoms with E-state index in [2.05, 4.69) is 38.9 Å². The molecule has 0 unspecified atom stereocenters. The minimum absolute atomic E-state index is 0.536. The Morgan fingerprint density at radius 2 is 2.26 bits per heavy atom. The van der Waals surface area contributed by atoms with E-state index >= 15 is 0 Å². The average molecular weight is 365 g/mol. The fourth-order valence-corrected chi connectivity index (χ4v) is 2.50. The predicted molar refractivity (Wildman–Crippen MR) is 79.2 cm³/mol. The minimum atomic E-state index is 0.536. The number of H-pyrrole nitrogens is 1. The number of nitriles is 1. The lowest BCUT2D eigenvalue weighted by Gasteiger charge is -2.07. The van der Waals surface area contributed by atoms with E-state index < -0.39 is 0 Å². The van der Waals surface area contributed by atoms with Gasteiger partial charge in [0.25, 0.3) is 0 Å². The maximum absolute atomic E-state index is 8.93. The molecule has 0 aliphatic heterocycles. The maximum atomic E-state index is 8.93. The number of aryl methyl sites for hydroxylation is 1. The molecule has 1 fully saturated rings. The summed E-state index contributed by atoms with van der Waals surface area (Å²) in [6.07, 6.45) is 2.37. The number of aromatic nitrogens is 2. The number of nitrogens with zero attached hydrogens (tertiary/aromatic N) is 2. The number of rotatable bonds is 3.